The summed E-state index contributed by atoms with van der Waals surface area (Å²) in [4.78, 5) is 11.7. The first-order chi connectivity index (χ1) is 6.17. The molecule has 0 fully saturated rings. The third kappa shape index (κ3) is 1.04. The van der Waals surface area contributed by atoms with Gasteiger partial charge in [-0.1, -0.05) is 12.1 Å². The largest absolute Gasteiger partial charge is 0.476 e. The first-order valence-electron chi connectivity index (χ1n) is 4.11. The van der Waals surface area contributed by atoms with Crippen LogP contribution in [-0.2, 0) is 0 Å². The molecule has 68 valence electrons. The molecular weight excluding hydrogens is 168 g/mol. The van der Waals surface area contributed by atoms with E-state index in [0.717, 1.165) is 0 Å². The number of ether oxygens (including phenoxy) is 1. The Hall–Kier alpha value is -1.35. The molecule has 0 saturated heterocycles. The van der Waals surface area contributed by atoms with Gasteiger partial charge in [0.15, 0.2) is 5.60 Å². The summed E-state index contributed by atoms with van der Waals surface area (Å²) in [7, 11) is 0. The van der Waals surface area contributed by atoms with Gasteiger partial charge in [0.2, 0.25) is 5.78 Å². The van der Waals surface area contributed by atoms with Crippen LogP contribution in [0.25, 0.3) is 0 Å². The van der Waals surface area contributed by atoms with E-state index in [0.29, 0.717) is 11.3 Å². The summed E-state index contributed by atoms with van der Waals surface area (Å²) in [6.07, 6.45) is 0. The Morgan fingerprint density at radius 3 is 2.77 bits per heavy atom. The number of ketones is 1. The van der Waals surface area contributed by atoms with Crippen molar-refractivity contribution in [1.29, 1.82) is 0 Å². The maximum atomic E-state index is 11.7. The van der Waals surface area contributed by atoms with Gasteiger partial charge in [0, 0.05) is 0 Å². The molecule has 0 bridgehead atoms. The third-order valence-corrected chi connectivity index (χ3v) is 2.25. The monoisotopic (exact) mass is 178 g/mol. The zero-order valence-corrected chi connectivity index (χ0v) is 7.28. The Morgan fingerprint density at radius 2 is 2.15 bits per heavy atom. The summed E-state index contributed by atoms with van der Waals surface area (Å²) in [6.45, 7) is 1.30. The van der Waals surface area contributed by atoms with Gasteiger partial charge in [-0.05, 0) is 19.1 Å². The van der Waals surface area contributed by atoms with Crippen molar-refractivity contribution in [3.05, 3.63) is 29.8 Å². The number of rotatable bonds is 1. The number of hydrogen-bond donors (Lipinski definition) is 1. The van der Waals surface area contributed by atoms with Crippen LogP contribution in [0.3, 0.4) is 0 Å². The second kappa shape index (κ2) is 2.57. The smallest absolute Gasteiger partial charge is 0.212 e. The molecule has 2 rings (SSSR count). The van der Waals surface area contributed by atoms with Crippen molar-refractivity contribution in [2.75, 3.05) is 6.61 Å². The van der Waals surface area contributed by atoms with E-state index in [1.807, 2.05) is 0 Å². The van der Waals surface area contributed by atoms with Crippen molar-refractivity contribution in [3.63, 3.8) is 0 Å². The van der Waals surface area contributed by atoms with E-state index in [1.165, 1.54) is 0 Å². The Morgan fingerprint density at radius 1 is 1.46 bits per heavy atom. The second-order valence-electron chi connectivity index (χ2n) is 3.32. The number of para-hydroxylation sites is 1. The first kappa shape index (κ1) is 8.26. The molecule has 0 radical (unpaired) electrons. The molecule has 0 spiro atoms. The number of aliphatic hydroxyl groups is 1. The highest BCUT2D eigenvalue weighted by Gasteiger charge is 2.43. The second-order valence-corrected chi connectivity index (χ2v) is 3.32. The minimum atomic E-state index is -1.08. The molecule has 1 atom stereocenters. The summed E-state index contributed by atoms with van der Waals surface area (Å²) in [5.74, 6) is 0.412. The lowest BCUT2D eigenvalue weighted by Gasteiger charge is -2.18. The fourth-order valence-corrected chi connectivity index (χ4v) is 1.42. The van der Waals surface area contributed by atoms with Crippen molar-refractivity contribution in [3.8, 4) is 5.75 Å². The molecule has 0 unspecified atom stereocenters. The number of hydrogen-bond acceptors (Lipinski definition) is 3. The quantitative estimate of drug-likeness (QED) is 0.698. The topological polar surface area (TPSA) is 46.5 Å². The molecule has 1 aromatic carbocycles. The van der Waals surface area contributed by atoms with Gasteiger partial charge in [-0.2, -0.15) is 0 Å². The normalized spacial score (nSPS) is 25.5. The van der Waals surface area contributed by atoms with Gasteiger partial charge in [-0.25, -0.2) is 0 Å². The molecule has 13 heavy (non-hydrogen) atoms. The number of aliphatic hydroxyl groups excluding tert-OH is 1. The Kier molecular flexibility index (Phi) is 1.63. The molecule has 0 aromatic heterocycles. The highest BCUT2D eigenvalue weighted by atomic mass is 16.5. The summed E-state index contributed by atoms with van der Waals surface area (Å²) < 4.78 is 5.36. The predicted molar refractivity (Wildman–Crippen MR) is 46.9 cm³/mol. The van der Waals surface area contributed by atoms with Crippen molar-refractivity contribution >= 4 is 5.78 Å². The highest BCUT2D eigenvalue weighted by molar-refractivity contribution is 6.07. The zero-order chi connectivity index (χ0) is 9.47. The zero-order valence-electron chi connectivity index (χ0n) is 7.28. The molecule has 1 N–H and O–H groups in total. The van der Waals surface area contributed by atoms with Crippen LogP contribution in [0, 0.1) is 0 Å². The summed E-state index contributed by atoms with van der Waals surface area (Å²) in [5, 5.41) is 9.02. The van der Waals surface area contributed by atoms with Crippen LogP contribution in [0.15, 0.2) is 24.3 Å². The molecule has 1 aliphatic rings. The molecule has 1 aliphatic heterocycles. The van der Waals surface area contributed by atoms with Crippen LogP contribution in [-0.4, -0.2) is 23.1 Å². The predicted octanol–water partition coefficient (Wildman–Crippen LogP) is 1.01. The number of carbonyl (C=O) groups excluding carboxylic acids is 1. The van der Waals surface area contributed by atoms with Gasteiger partial charge in [0.1, 0.15) is 5.75 Å². The Labute approximate surface area is 76.0 Å². The van der Waals surface area contributed by atoms with Gasteiger partial charge in [0.05, 0.1) is 12.2 Å². The number of fused-ring (bicyclic) bond motifs is 1. The van der Waals surface area contributed by atoms with Crippen LogP contribution >= 0.6 is 0 Å². The average Bonchev–Trinajstić information content (AvgIpc) is 2.41. The summed E-state index contributed by atoms with van der Waals surface area (Å²) >= 11 is 0. The van der Waals surface area contributed by atoms with E-state index in [1.54, 1.807) is 31.2 Å². The van der Waals surface area contributed by atoms with E-state index in [2.05, 4.69) is 0 Å². The summed E-state index contributed by atoms with van der Waals surface area (Å²) in [5.41, 5.74) is -0.525. The third-order valence-electron chi connectivity index (χ3n) is 2.25. The minimum absolute atomic E-state index is 0.148. The molecule has 1 heterocycles. The molecule has 3 heteroatoms. The maximum absolute atomic E-state index is 11.7. The van der Waals surface area contributed by atoms with Crippen molar-refractivity contribution in [2.45, 2.75) is 12.5 Å². The van der Waals surface area contributed by atoms with E-state index in [-0.39, 0.29) is 12.4 Å². The van der Waals surface area contributed by atoms with Crippen LogP contribution in [0.1, 0.15) is 17.3 Å². The SMILES string of the molecule is C[C@@]1(CO)Oc2ccccc2C1=O. The van der Waals surface area contributed by atoms with Crippen molar-refractivity contribution in [1.82, 2.24) is 0 Å². The Bertz CT molecular complexity index is 359. The number of benzene rings is 1. The lowest BCUT2D eigenvalue weighted by molar-refractivity contribution is 0.0359. The number of carbonyl (C=O) groups is 1. The number of Topliss-reactive ketones (excluding diaryl/α,β-unsaturated/α-hetero) is 1. The molecule has 0 amide bonds. The van der Waals surface area contributed by atoms with Crippen molar-refractivity contribution in [2.24, 2.45) is 0 Å². The van der Waals surface area contributed by atoms with E-state index in [4.69, 9.17) is 9.84 Å². The van der Waals surface area contributed by atoms with E-state index in [9.17, 15) is 4.79 Å². The fraction of sp³-hybridized carbons (Fsp3) is 0.300. The van der Waals surface area contributed by atoms with Gasteiger partial charge < -0.3 is 9.84 Å². The van der Waals surface area contributed by atoms with Gasteiger partial charge in [-0.15, -0.1) is 0 Å². The average molecular weight is 178 g/mol. The lowest BCUT2D eigenvalue weighted by Crippen LogP contribution is -2.40. The lowest BCUT2D eigenvalue weighted by atomic mass is 9.99. The molecule has 0 saturated carbocycles. The van der Waals surface area contributed by atoms with Crippen LogP contribution in [0.2, 0.25) is 0 Å². The highest BCUT2D eigenvalue weighted by Crippen LogP contribution is 2.34. The van der Waals surface area contributed by atoms with Gasteiger partial charge in [-0.3, -0.25) is 4.79 Å². The summed E-state index contributed by atoms with van der Waals surface area (Å²) in [6, 6.07) is 7.02. The Balaban J connectivity index is 2.50. The van der Waals surface area contributed by atoms with Crippen LogP contribution < -0.4 is 4.74 Å². The van der Waals surface area contributed by atoms with Gasteiger partial charge >= 0.3 is 0 Å². The molecular formula is C10H10O3. The van der Waals surface area contributed by atoms with Crippen LogP contribution in [0.5, 0.6) is 5.75 Å². The van der Waals surface area contributed by atoms with Crippen LogP contribution in [0.4, 0.5) is 0 Å². The van der Waals surface area contributed by atoms with Gasteiger partial charge in [0.25, 0.3) is 0 Å². The molecule has 0 aliphatic carbocycles. The molecule has 1 aromatic rings. The fourth-order valence-electron chi connectivity index (χ4n) is 1.42. The molecule has 3 nitrogen and oxygen atoms in total. The van der Waals surface area contributed by atoms with E-state index < -0.39 is 5.60 Å². The van der Waals surface area contributed by atoms with E-state index >= 15 is 0 Å². The maximum Gasteiger partial charge on any atom is 0.212 e. The minimum Gasteiger partial charge on any atom is -0.476 e. The standard InChI is InChI=1S/C10H10O3/c1-10(6-11)9(12)7-4-2-3-5-8(7)13-10/h2-5,11H,6H2,1H3/t10-/m0/s1. The van der Waals surface area contributed by atoms with Crippen molar-refractivity contribution < 1.29 is 14.6 Å². The first-order valence-corrected chi connectivity index (χ1v) is 4.11.